The number of carbonyl (C=O) groups is 3. The molecule has 0 spiro atoms. The molecule has 0 fully saturated rings. The van der Waals surface area contributed by atoms with Crippen LogP contribution in [0.1, 0.15) is 36.6 Å². The van der Waals surface area contributed by atoms with Crippen LogP contribution in [0, 0.1) is 0 Å². The van der Waals surface area contributed by atoms with Gasteiger partial charge in [-0.1, -0.05) is 30.3 Å². The smallest absolute Gasteiger partial charge is 0.261 e. The largest absolute Gasteiger partial charge is 0.508 e. The number of hydrogen-bond acceptors (Lipinski definition) is 4. The minimum absolute atomic E-state index is 0.0640. The molecule has 0 radical (unpaired) electrons. The van der Waals surface area contributed by atoms with Gasteiger partial charge in [0.2, 0.25) is 0 Å². The fraction of sp³-hybridized carbons (Fsp3) is 0.0455. The summed E-state index contributed by atoms with van der Waals surface area (Å²) < 4.78 is 0. The van der Waals surface area contributed by atoms with Gasteiger partial charge in [-0.05, 0) is 42.0 Å². The number of amides is 3. The van der Waals surface area contributed by atoms with E-state index >= 15 is 0 Å². The van der Waals surface area contributed by atoms with Gasteiger partial charge in [0.05, 0.1) is 17.7 Å². The highest BCUT2D eigenvalue weighted by molar-refractivity contribution is 6.21. The van der Waals surface area contributed by atoms with E-state index in [0.717, 1.165) is 5.56 Å². The van der Waals surface area contributed by atoms with Gasteiger partial charge in [-0.3, -0.25) is 19.3 Å². The number of anilines is 1. The topological polar surface area (TPSA) is 86.7 Å². The molecule has 0 aromatic heterocycles. The molecule has 1 heterocycles. The van der Waals surface area contributed by atoms with E-state index in [9.17, 15) is 19.5 Å². The number of nitrogens with one attached hydrogen (secondary N) is 1. The highest BCUT2D eigenvalue weighted by Gasteiger charge is 2.34. The Hall–Kier alpha value is -3.93. The predicted molar refractivity (Wildman–Crippen MR) is 103 cm³/mol. The summed E-state index contributed by atoms with van der Waals surface area (Å²) in [4.78, 5) is 38.4. The lowest BCUT2D eigenvalue weighted by molar-refractivity contribution is 0.0642. The molecule has 3 aromatic carbocycles. The van der Waals surface area contributed by atoms with Crippen molar-refractivity contribution in [3.8, 4) is 5.75 Å². The van der Waals surface area contributed by atoms with E-state index in [4.69, 9.17) is 0 Å². The van der Waals surface area contributed by atoms with Crippen LogP contribution in [0.4, 0.5) is 5.69 Å². The SMILES string of the molecule is O=C(Nc1cccc(O)c1)c1ccc(CN2C(=O)c3ccccc3C2=O)cc1. The Bertz CT molecular complexity index is 1050. The van der Waals surface area contributed by atoms with E-state index in [1.54, 1.807) is 60.7 Å². The first-order valence-corrected chi connectivity index (χ1v) is 8.67. The number of benzene rings is 3. The summed E-state index contributed by atoms with van der Waals surface area (Å²) in [6, 6.07) is 19.7. The van der Waals surface area contributed by atoms with Gasteiger partial charge in [0, 0.05) is 17.3 Å². The van der Waals surface area contributed by atoms with Gasteiger partial charge in [0.25, 0.3) is 17.7 Å². The molecular weight excluding hydrogens is 356 g/mol. The van der Waals surface area contributed by atoms with E-state index in [1.165, 1.54) is 17.0 Å². The number of aromatic hydroxyl groups is 1. The summed E-state index contributed by atoms with van der Waals surface area (Å²) in [6.45, 7) is 0.140. The minimum atomic E-state index is -0.321. The monoisotopic (exact) mass is 372 g/mol. The second kappa shape index (κ2) is 7.00. The molecule has 4 rings (SSSR count). The summed E-state index contributed by atoms with van der Waals surface area (Å²) in [5, 5.41) is 12.2. The molecule has 1 aliphatic rings. The first-order valence-electron chi connectivity index (χ1n) is 8.67. The first-order chi connectivity index (χ1) is 13.5. The summed E-state index contributed by atoms with van der Waals surface area (Å²) in [6.07, 6.45) is 0. The molecule has 3 amide bonds. The standard InChI is InChI=1S/C22H16N2O4/c25-17-5-3-4-16(12-17)23-20(26)15-10-8-14(9-11-15)13-24-21(27)18-6-1-2-7-19(18)22(24)28/h1-12,25H,13H2,(H,23,26). The fourth-order valence-electron chi connectivity index (χ4n) is 3.11. The van der Waals surface area contributed by atoms with Crippen LogP contribution in [0.2, 0.25) is 0 Å². The third kappa shape index (κ3) is 3.23. The molecule has 2 N–H and O–H groups in total. The van der Waals surface area contributed by atoms with Gasteiger partial charge in [-0.25, -0.2) is 0 Å². The molecule has 0 bridgehead atoms. The maximum Gasteiger partial charge on any atom is 0.261 e. The highest BCUT2D eigenvalue weighted by atomic mass is 16.3. The number of carbonyl (C=O) groups excluding carboxylic acids is 3. The van der Waals surface area contributed by atoms with Crippen molar-refractivity contribution < 1.29 is 19.5 Å². The molecule has 0 saturated heterocycles. The third-order valence-corrected chi connectivity index (χ3v) is 4.54. The van der Waals surface area contributed by atoms with Crippen LogP contribution in [0.3, 0.4) is 0 Å². The highest BCUT2D eigenvalue weighted by Crippen LogP contribution is 2.24. The maximum absolute atomic E-state index is 12.4. The molecule has 0 atom stereocenters. The Morgan fingerprint density at radius 2 is 1.50 bits per heavy atom. The lowest BCUT2D eigenvalue weighted by Crippen LogP contribution is -2.29. The Labute approximate surface area is 161 Å². The van der Waals surface area contributed by atoms with E-state index in [-0.39, 0.29) is 30.0 Å². The second-order valence-corrected chi connectivity index (χ2v) is 6.44. The van der Waals surface area contributed by atoms with E-state index in [2.05, 4.69) is 5.32 Å². The Balaban J connectivity index is 1.46. The molecule has 0 saturated carbocycles. The number of phenols is 1. The van der Waals surface area contributed by atoms with Crippen LogP contribution in [0.25, 0.3) is 0 Å². The molecular formula is C22H16N2O4. The number of rotatable bonds is 4. The Morgan fingerprint density at radius 1 is 0.857 bits per heavy atom. The van der Waals surface area contributed by atoms with Crippen LogP contribution < -0.4 is 5.32 Å². The molecule has 28 heavy (non-hydrogen) atoms. The minimum Gasteiger partial charge on any atom is -0.508 e. The van der Waals surface area contributed by atoms with E-state index < -0.39 is 0 Å². The van der Waals surface area contributed by atoms with Gasteiger partial charge in [-0.15, -0.1) is 0 Å². The van der Waals surface area contributed by atoms with Crippen LogP contribution in [-0.4, -0.2) is 27.7 Å². The lowest BCUT2D eigenvalue weighted by Gasteiger charge is -2.14. The van der Waals surface area contributed by atoms with Crippen molar-refractivity contribution in [1.29, 1.82) is 0 Å². The summed E-state index contributed by atoms with van der Waals surface area (Å²) >= 11 is 0. The van der Waals surface area contributed by atoms with Crippen molar-refractivity contribution in [2.45, 2.75) is 6.54 Å². The zero-order valence-corrected chi connectivity index (χ0v) is 14.8. The van der Waals surface area contributed by atoms with Crippen LogP contribution in [0.15, 0.2) is 72.8 Å². The van der Waals surface area contributed by atoms with Crippen molar-refractivity contribution >= 4 is 23.4 Å². The molecule has 1 aliphatic heterocycles. The van der Waals surface area contributed by atoms with Crippen molar-refractivity contribution in [3.63, 3.8) is 0 Å². The Kier molecular flexibility index (Phi) is 4.37. The molecule has 138 valence electrons. The van der Waals surface area contributed by atoms with E-state index in [0.29, 0.717) is 22.4 Å². The molecule has 3 aromatic rings. The second-order valence-electron chi connectivity index (χ2n) is 6.44. The average Bonchev–Trinajstić information content (AvgIpc) is 2.94. The normalized spacial score (nSPS) is 12.8. The Morgan fingerprint density at radius 3 is 2.11 bits per heavy atom. The summed E-state index contributed by atoms with van der Waals surface area (Å²) in [7, 11) is 0. The maximum atomic E-state index is 12.4. The zero-order valence-electron chi connectivity index (χ0n) is 14.8. The van der Waals surface area contributed by atoms with Gasteiger partial charge >= 0.3 is 0 Å². The number of imide groups is 1. The quantitative estimate of drug-likeness (QED) is 0.687. The molecule has 0 aliphatic carbocycles. The van der Waals surface area contributed by atoms with Crippen LogP contribution in [-0.2, 0) is 6.54 Å². The zero-order chi connectivity index (χ0) is 19.7. The predicted octanol–water partition coefficient (Wildman–Crippen LogP) is 3.44. The van der Waals surface area contributed by atoms with Gasteiger partial charge < -0.3 is 10.4 Å². The van der Waals surface area contributed by atoms with Gasteiger partial charge in [-0.2, -0.15) is 0 Å². The average molecular weight is 372 g/mol. The van der Waals surface area contributed by atoms with Crippen molar-refractivity contribution in [2.24, 2.45) is 0 Å². The summed E-state index contributed by atoms with van der Waals surface area (Å²) in [5.41, 5.74) is 2.47. The number of nitrogens with zero attached hydrogens (tertiary/aromatic N) is 1. The molecule has 0 unspecified atom stereocenters. The third-order valence-electron chi connectivity index (χ3n) is 4.54. The van der Waals surface area contributed by atoms with Gasteiger partial charge in [0.1, 0.15) is 5.75 Å². The van der Waals surface area contributed by atoms with Crippen molar-refractivity contribution in [1.82, 2.24) is 4.90 Å². The van der Waals surface area contributed by atoms with E-state index in [1.807, 2.05) is 0 Å². The first kappa shape index (κ1) is 17.5. The lowest BCUT2D eigenvalue weighted by atomic mass is 10.1. The van der Waals surface area contributed by atoms with Gasteiger partial charge in [0.15, 0.2) is 0 Å². The van der Waals surface area contributed by atoms with Crippen LogP contribution in [0.5, 0.6) is 5.75 Å². The summed E-state index contributed by atoms with van der Waals surface area (Å²) in [5.74, 6) is -0.885. The molecule has 6 nitrogen and oxygen atoms in total. The number of phenolic OH excluding ortho intramolecular Hbond substituents is 1. The van der Waals surface area contributed by atoms with Crippen molar-refractivity contribution in [2.75, 3.05) is 5.32 Å². The number of hydrogen-bond donors (Lipinski definition) is 2. The fourth-order valence-corrected chi connectivity index (χ4v) is 3.11. The molecule has 6 heteroatoms. The van der Waals surface area contributed by atoms with Crippen LogP contribution >= 0.6 is 0 Å². The van der Waals surface area contributed by atoms with Crippen molar-refractivity contribution in [3.05, 3.63) is 95.1 Å². The number of fused-ring (bicyclic) bond motifs is 1.